The third kappa shape index (κ3) is 4.33. The number of hydrogen-bond donors (Lipinski definition) is 4. The number of benzene rings is 1. The maximum atomic E-state index is 10.6. The van der Waals surface area contributed by atoms with Gasteiger partial charge in [0.1, 0.15) is 11.9 Å². The van der Waals surface area contributed by atoms with Gasteiger partial charge in [-0.2, -0.15) is 0 Å². The van der Waals surface area contributed by atoms with Crippen LogP contribution >= 0.6 is 11.8 Å². The van der Waals surface area contributed by atoms with Crippen LogP contribution in [0.5, 0.6) is 5.75 Å². The average molecular weight is 487 g/mol. The fraction of sp³-hybridized carbons (Fsp3) is 0.565. The van der Waals surface area contributed by atoms with Crippen LogP contribution in [0, 0.1) is 5.92 Å². The number of hydrogen-bond acceptors (Lipinski definition) is 10. The van der Waals surface area contributed by atoms with Gasteiger partial charge in [0.2, 0.25) is 0 Å². The van der Waals surface area contributed by atoms with Gasteiger partial charge in [0.05, 0.1) is 19.3 Å². The van der Waals surface area contributed by atoms with Crippen molar-refractivity contribution in [1.29, 1.82) is 0 Å². The zero-order valence-corrected chi connectivity index (χ0v) is 20.0. The monoisotopic (exact) mass is 486 g/mol. The summed E-state index contributed by atoms with van der Waals surface area (Å²) < 4.78 is 6.84. The molecule has 2 unspecified atom stereocenters. The summed E-state index contributed by atoms with van der Waals surface area (Å²) in [5.41, 5.74) is 2.30. The smallest absolute Gasteiger partial charge is 0.191 e. The number of aliphatic hydroxyl groups is 3. The van der Waals surface area contributed by atoms with E-state index >= 15 is 0 Å². The average Bonchev–Trinajstić information content (AvgIpc) is 3.40. The Kier molecular flexibility index (Phi) is 6.61. The number of rotatable bonds is 9. The fourth-order valence-corrected chi connectivity index (χ4v) is 5.36. The van der Waals surface area contributed by atoms with Crippen molar-refractivity contribution in [2.24, 2.45) is 5.92 Å². The highest BCUT2D eigenvalue weighted by Gasteiger charge is 2.44. The molecule has 4 N–H and O–H groups in total. The molecule has 11 heteroatoms. The molecule has 3 aromatic rings. The van der Waals surface area contributed by atoms with Crippen LogP contribution in [0.25, 0.3) is 11.2 Å². The highest BCUT2D eigenvalue weighted by molar-refractivity contribution is 7.99. The summed E-state index contributed by atoms with van der Waals surface area (Å²) >= 11 is 1.56. The van der Waals surface area contributed by atoms with E-state index in [0.29, 0.717) is 34.5 Å². The number of nitrogens with zero attached hydrogens (tertiary/aromatic N) is 5. The standard InChI is InChI=1S/C23H30N6O4S/c1-3-8-34-23-25-21(24-16-10-15(16)12-4-6-14(33-2)7-5-12)18-22(26-23)29(28-27-18)17-9-13(11-30)19(31)20(17)32/h4-7,13,15-17,19-20,30-32H,3,8-11H2,1-2H3,(H,24,25,26)/t13-,15?,16?,17-,19-,20+/m0/s1. The Hall–Kier alpha value is -2.47. The van der Waals surface area contributed by atoms with Gasteiger partial charge in [-0.05, 0) is 37.0 Å². The highest BCUT2D eigenvalue weighted by atomic mass is 32.2. The van der Waals surface area contributed by atoms with Gasteiger partial charge in [0.25, 0.3) is 0 Å². The Morgan fingerprint density at radius 3 is 2.62 bits per heavy atom. The number of aromatic nitrogens is 5. The van der Waals surface area contributed by atoms with Gasteiger partial charge in [-0.3, -0.25) is 0 Å². The van der Waals surface area contributed by atoms with Crippen molar-refractivity contribution in [3.8, 4) is 5.75 Å². The van der Waals surface area contributed by atoms with Crippen LogP contribution < -0.4 is 10.1 Å². The Labute approximate surface area is 201 Å². The van der Waals surface area contributed by atoms with Crippen LogP contribution in [0.2, 0.25) is 0 Å². The molecular formula is C23H30N6O4S. The summed E-state index contributed by atoms with van der Waals surface area (Å²) in [4.78, 5) is 9.43. The Bertz CT molecular complexity index is 1140. The largest absolute Gasteiger partial charge is 0.497 e. The lowest BCUT2D eigenvalue weighted by atomic mass is 10.1. The molecule has 2 aliphatic carbocycles. The lowest BCUT2D eigenvalue weighted by Crippen LogP contribution is -2.30. The van der Waals surface area contributed by atoms with Gasteiger partial charge < -0.3 is 25.4 Å². The molecule has 0 bridgehead atoms. The number of nitrogens with one attached hydrogen (secondary N) is 1. The lowest BCUT2D eigenvalue weighted by molar-refractivity contribution is -0.00512. The first-order valence-electron chi connectivity index (χ1n) is 11.7. The predicted molar refractivity (Wildman–Crippen MR) is 128 cm³/mol. The van der Waals surface area contributed by atoms with Crippen LogP contribution in [0.4, 0.5) is 5.82 Å². The first-order valence-corrected chi connectivity index (χ1v) is 12.7. The van der Waals surface area contributed by atoms with E-state index in [1.54, 1.807) is 23.6 Å². The minimum atomic E-state index is -1.05. The molecule has 2 fully saturated rings. The first-order chi connectivity index (χ1) is 16.5. The molecule has 182 valence electrons. The summed E-state index contributed by atoms with van der Waals surface area (Å²) in [6.07, 6.45) is 0.293. The van der Waals surface area contributed by atoms with Crippen LogP contribution in [0.3, 0.4) is 0 Å². The molecule has 2 aliphatic rings. The highest BCUT2D eigenvalue weighted by Crippen LogP contribution is 2.44. The molecular weight excluding hydrogens is 456 g/mol. The van der Waals surface area contributed by atoms with Crippen LogP contribution in [0.1, 0.15) is 43.7 Å². The normalized spacial score (nSPS) is 28.4. The third-order valence-corrected chi connectivity index (χ3v) is 7.77. The summed E-state index contributed by atoms with van der Waals surface area (Å²) in [5.74, 6) is 2.30. The second-order valence-electron chi connectivity index (χ2n) is 9.00. The second kappa shape index (κ2) is 9.65. The van der Waals surface area contributed by atoms with Gasteiger partial charge >= 0.3 is 0 Å². The predicted octanol–water partition coefficient (Wildman–Crippen LogP) is 1.98. The van der Waals surface area contributed by atoms with Gasteiger partial charge in [0, 0.05) is 30.2 Å². The van der Waals surface area contributed by atoms with Crippen LogP contribution in [0.15, 0.2) is 29.4 Å². The summed E-state index contributed by atoms with van der Waals surface area (Å²) in [6.45, 7) is 1.90. The van der Waals surface area contributed by atoms with Crippen molar-refractivity contribution < 1.29 is 20.1 Å². The molecule has 5 rings (SSSR count). The molecule has 2 heterocycles. The summed E-state index contributed by atoms with van der Waals surface area (Å²) in [7, 11) is 1.66. The summed E-state index contributed by atoms with van der Waals surface area (Å²) in [5, 5.41) is 43.2. The van der Waals surface area contributed by atoms with Crippen molar-refractivity contribution >= 4 is 28.7 Å². The van der Waals surface area contributed by atoms with E-state index in [0.717, 1.165) is 24.3 Å². The van der Waals surface area contributed by atoms with Crippen LogP contribution in [-0.4, -0.2) is 78.0 Å². The molecule has 2 aromatic heterocycles. The van der Waals surface area contributed by atoms with Crippen molar-refractivity contribution in [2.75, 3.05) is 24.8 Å². The molecule has 0 radical (unpaired) electrons. The van der Waals surface area contributed by atoms with Crippen molar-refractivity contribution in [2.45, 2.75) is 61.6 Å². The molecule has 1 aromatic carbocycles. The van der Waals surface area contributed by atoms with Gasteiger partial charge in [-0.15, -0.1) is 5.10 Å². The first kappa shape index (κ1) is 23.3. The Morgan fingerprint density at radius 1 is 1.15 bits per heavy atom. The van der Waals surface area contributed by atoms with Gasteiger partial charge in [-0.1, -0.05) is 36.0 Å². The van der Waals surface area contributed by atoms with Crippen LogP contribution in [-0.2, 0) is 0 Å². The quantitative estimate of drug-likeness (QED) is 0.262. The van der Waals surface area contributed by atoms with Gasteiger partial charge in [0.15, 0.2) is 22.1 Å². The van der Waals surface area contributed by atoms with E-state index < -0.39 is 24.2 Å². The molecule has 0 amide bonds. The van der Waals surface area contributed by atoms with E-state index in [2.05, 4.69) is 34.7 Å². The maximum absolute atomic E-state index is 10.6. The molecule has 6 atom stereocenters. The number of ether oxygens (including phenoxy) is 1. The SMILES string of the molecule is CCCSc1nc(NC2CC2c2ccc(OC)cc2)c2nnn([C@H]3C[C@@H](CO)[C@H](O)[C@@H]3O)c2n1. The Morgan fingerprint density at radius 2 is 1.94 bits per heavy atom. The third-order valence-electron chi connectivity index (χ3n) is 6.71. The zero-order chi connectivity index (χ0) is 23.8. The van der Waals surface area contributed by atoms with E-state index in [1.807, 2.05) is 12.1 Å². The van der Waals surface area contributed by atoms with Crippen molar-refractivity contribution in [3.05, 3.63) is 29.8 Å². The molecule has 0 aliphatic heterocycles. The number of methoxy groups -OCH3 is 1. The number of aliphatic hydroxyl groups excluding tert-OH is 3. The van der Waals surface area contributed by atoms with E-state index in [1.165, 1.54) is 5.56 Å². The topological polar surface area (TPSA) is 138 Å². The zero-order valence-electron chi connectivity index (χ0n) is 19.2. The van der Waals surface area contributed by atoms with Crippen molar-refractivity contribution in [1.82, 2.24) is 25.0 Å². The number of anilines is 1. The molecule has 10 nitrogen and oxygen atoms in total. The maximum Gasteiger partial charge on any atom is 0.191 e. The van der Waals surface area contributed by atoms with E-state index in [-0.39, 0.29) is 12.6 Å². The number of fused-ring (bicyclic) bond motifs is 1. The molecule has 0 spiro atoms. The summed E-state index contributed by atoms with van der Waals surface area (Å²) in [6, 6.07) is 7.82. The Balaban J connectivity index is 1.43. The minimum Gasteiger partial charge on any atom is -0.497 e. The molecule has 34 heavy (non-hydrogen) atoms. The molecule has 2 saturated carbocycles. The second-order valence-corrected chi connectivity index (χ2v) is 10.1. The van der Waals surface area contributed by atoms with Gasteiger partial charge in [-0.25, -0.2) is 14.6 Å². The van der Waals surface area contributed by atoms with E-state index in [4.69, 9.17) is 14.7 Å². The lowest BCUT2D eigenvalue weighted by Gasteiger charge is -2.17. The molecule has 0 saturated heterocycles. The fourth-order valence-electron chi connectivity index (χ4n) is 4.66. The minimum absolute atomic E-state index is 0.199. The van der Waals surface area contributed by atoms with E-state index in [9.17, 15) is 15.3 Å². The van der Waals surface area contributed by atoms with Crippen molar-refractivity contribution in [3.63, 3.8) is 0 Å². The number of thioether (sulfide) groups is 1.